The van der Waals surface area contributed by atoms with Gasteiger partial charge in [0.05, 0.1) is 5.97 Å². The van der Waals surface area contributed by atoms with Crippen molar-refractivity contribution in [2.75, 3.05) is 6.61 Å². The lowest BCUT2D eigenvalue weighted by Crippen LogP contribution is -2.28. The first-order chi connectivity index (χ1) is 12.0. The van der Waals surface area contributed by atoms with Crippen molar-refractivity contribution in [3.05, 3.63) is 70.9 Å². The van der Waals surface area contributed by atoms with Gasteiger partial charge in [-0.2, -0.15) is 0 Å². The predicted octanol–water partition coefficient (Wildman–Crippen LogP) is 1.47. The van der Waals surface area contributed by atoms with Crippen LogP contribution in [0.1, 0.15) is 16.7 Å². The summed E-state index contributed by atoms with van der Waals surface area (Å²) in [5.74, 6) is -1.15. The fourth-order valence-electron chi connectivity index (χ4n) is 2.27. The molecule has 0 fully saturated rings. The SMILES string of the molecule is Cc1cccc(C2=N/C(=C\c3ccc(OCC(=O)[O-])cc3)C(=O)O2)c1. The molecule has 2 aromatic rings. The molecule has 6 nitrogen and oxygen atoms in total. The number of aryl methyl sites for hydroxylation is 1. The number of hydrogen-bond acceptors (Lipinski definition) is 6. The number of rotatable bonds is 5. The molecule has 126 valence electrons. The van der Waals surface area contributed by atoms with E-state index >= 15 is 0 Å². The molecule has 0 bridgehead atoms. The van der Waals surface area contributed by atoms with E-state index in [1.807, 2.05) is 31.2 Å². The third-order valence-corrected chi connectivity index (χ3v) is 3.43. The Kier molecular flexibility index (Phi) is 4.61. The topological polar surface area (TPSA) is 88.0 Å². The molecule has 0 radical (unpaired) electrons. The molecular formula is C19H14NO5-. The second kappa shape index (κ2) is 7.00. The van der Waals surface area contributed by atoms with E-state index in [-0.39, 0.29) is 11.6 Å². The van der Waals surface area contributed by atoms with Gasteiger partial charge in [0, 0.05) is 5.56 Å². The van der Waals surface area contributed by atoms with E-state index in [0.29, 0.717) is 11.3 Å². The van der Waals surface area contributed by atoms with E-state index in [4.69, 9.17) is 9.47 Å². The fourth-order valence-corrected chi connectivity index (χ4v) is 2.27. The molecule has 0 aromatic heterocycles. The Morgan fingerprint density at radius 1 is 1.24 bits per heavy atom. The van der Waals surface area contributed by atoms with Crippen molar-refractivity contribution in [1.29, 1.82) is 0 Å². The van der Waals surface area contributed by atoms with E-state index in [0.717, 1.165) is 11.1 Å². The predicted molar refractivity (Wildman–Crippen MR) is 88.7 cm³/mol. The van der Waals surface area contributed by atoms with Gasteiger partial charge >= 0.3 is 5.97 Å². The zero-order valence-corrected chi connectivity index (χ0v) is 13.4. The van der Waals surface area contributed by atoms with Crippen molar-refractivity contribution in [1.82, 2.24) is 0 Å². The van der Waals surface area contributed by atoms with Crippen LogP contribution in [0.15, 0.2) is 59.2 Å². The molecule has 0 atom stereocenters. The molecule has 25 heavy (non-hydrogen) atoms. The lowest BCUT2D eigenvalue weighted by atomic mass is 10.1. The van der Waals surface area contributed by atoms with Gasteiger partial charge in [-0.25, -0.2) is 9.79 Å². The minimum atomic E-state index is -1.29. The maximum Gasteiger partial charge on any atom is 0.363 e. The molecule has 2 aromatic carbocycles. The first kappa shape index (κ1) is 16.4. The van der Waals surface area contributed by atoms with Gasteiger partial charge in [-0.1, -0.05) is 29.8 Å². The van der Waals surface area contributed by atoms with E-state index in [9.17, 15) is 14.7 Å². The lowest BCUT2D eigenvalue weighted by molar-refractivity contribution is -0.307. The van der Waals surface area contributed by atoms with Crippen LogP contribution in [0.2, 0.25) is 0 Å². The molecule has 0 saturated heterocycles. The highest BCUT2D eigenvalue weighted by Crippen LogP contribution is 2.21. The third-order valence-electron chi connectivity index (χ3n) is 3.43. The second-order valence-electron chi connectivity index (χ2n) is 5.44. The maximum absolute atomic E-state index is 12.0. The number of carboxylic acids is 1. The maximum atomic E-state index is 12.0. The second-order valence-corrected chi connectivity index (χ2v) is 5.44. The molecule has 0 amide bonds. The molecule has 0 spiro atoms. The number of carbonyl (C=O) groups excluding carboxylic acids is 2. The standard InChI is InChI=1S/C19H15NO5/c1-12-3-2-4-14(9-12)18-20-16(19(23)25-18)10-13-5-7-15(8-6-13)24-11-17(21)22/h2-10H,11H2,1H3,(H,21,22)/p-1/b16-10-. The number of aliphatic imine (C=N–C) groups is 1. The average molecular weight is 336 g/mol. The van der Waals surface area contributed by atoms with Crippen LogP contribution in [-0.2, 0) is 14.3 Å². The van der Waals surface area contributed by atoms with Crippen LogP contribution in [0.25, 0.3) is 6.08 Å². The van der Waals surface area contributed by atoms with Gasteiger partial charge in [0.25, 0.3) is 0 Å². The summed E-state index contributed by atoms with van der Waals surface area (Å²) < 4.78 is 10.2. The number of carbonyl (C=O) groups is 2. The normalized spacial score (nSPS) is 15.0. The summed E-state index contributed by atoms with van der Waals surface area (Å²) in [5, 5.41) is 10.4. The Morgan fingerprint density at radius 2 is 2.00 bits per heavy atom. The molecule has 6 heteroatoms. The Bertz CT molecular complexity index is 881. The zero-order valence-electron chi connectivity index (χ0n) is 13.4. The number of carboxylic acid groups (broad SMARTS) is 1. The van der Waals surface area contributed by atoms with Gasteiger partial charge < -0.3 is 19.4 Å². The summed E-state index contributed by atoms with van der Waals surface area (Å²) in [7, 11) is 0. The Hall–Kier alpha value is -3.41. The van der Waals surface area contributed by atoms with Crippen LogP contribution in [0, 0.1) is 6.92 Å². The Labute approximate surface area is 144 Å². The first-order valence-electron chi connectivity index (χ1n) is 7.53. The Balaban J connectivity index is 1.78. The highest BCUT2D eigenvalue weighted by atomic mass is 16.6. The monoisotopic (exact) mass is 336 g/mol. The van der Waals surface area contributed by atoms with Gasteiger partial charge in [-0.05, 0) is 42.8 Å². The molecule has 0 unspecified atom stereocenters. The number of cyclic esters (lactones) is 1. The largest absolute Gasteiger partial charge is 0.546 e. The number of aliphatic carboxylic acids is 1. The molecule has 0 aliphatic carbocycles. The minimum Gasteiger partial charge on any atom is -0.546 e. The van der Waals surface area contributed by atoms with E-state index in [1.54, 1.807) is 30.3 Å². The smallest absolute Gasteiger partial charge is 0.363 e. The highest BCUT2D eigenvalue weighted by molar-refractivity contribution is 6.12. The van der Waals surface area contributed by atoms with Crippen molar-refractivity contribution in [3.8, 4) is 5.75 Å². The lowest BCUT2D eigenvalue weighted by Gasteiger charge is -2.06. The summed E-state index contributed by atoms with van der Waals surface area (Å²) in [4.78, 5) is 26.6. The van der Waals surface area contributed by atoms with E-state index in [1.165, 1.54) is 0 Å². The van der Waals surface area contributed by atoms with Crippen molar-refractivity contribution in [2.45, 2.75) is 6.92 Å². The van der Waals surface area contributed by atoms with Crippen molar-refractivity contribution < 1.29 is 24.2 Å². The molecule has 1 aliphatic heterocycles. The third kappa shape index (κ3) is 4.11. The molecule has 0 N–H and O–H groups in total. The minimum absolute atomic E-state index is 0.194. The van der Waals surface area contributed by atoms with Crippen LogP contribution < -0.4 is 9.84 Å². The summed E-state index contributed by atoms with van der Waals surface area (Å²) in [6.07, 6.45) is 1.59. The fraction of sp³-hybridized carbons (Fsp3) is 0.105. The van der Waals surface area contributed by atoms with Crippen molar-refractivity contribution in [3.63, 3.8) is 0 Å². The van der Waals surface area contributed by atoms with E-state index < -0.39 is 18.5 Å². The summed E-state index contributed by atoms with van der Waals surface area (Å²) >= 11 is 0. The average Bonchev–Trinajstić information content (AvgIpc) is 2.95. The number of nitrogens with zero attached hydrogens (tertiary/aromatic N) is 1. The summed E-state index contributed by atoms with van der Waals surface area (Å²) in [6.45, 7) is 1.43. The van der Waals surface area contributed by atoms with Gasteiger partial charge in [0.1, 0.15) is 12.4 Å². The molecule has 1 aliphatic rings. The van der Waals surface area contributed by atoms with Gasteiger partial charge in [-0.3, -0.25) is 0 Å². The van der Waals surface area contributed by atoms with Crippen LogP contribution >= 0.6 is 0 Å². The molecule has 1 heterocycles. The number of hydrogen-bond donors (Lipinski definition) is 0. The first-order valence-corrected chi connectivity index (χ1v) is 7.53. The zero-order chi connectivity index (χ0) is 17.8. The van der Waals surface area contributed by atoms with Crippen molar-refractivity contribution in [2.24, 2.45) is 4.99 Å². The molecule has 0 saturated carbocycles. The van der Waals surface area contributed by atoms with Crippen LogP contribution in [0.3, 0.4) is 0 Å². The summed E-state index contributed by atoms with van der Waals surface area (Å²) in [6, 6.07) is 14.1. The van der Waals surface area contributed by atoms with Crippen LogP contribution in [0.5, 0.6) is 5.75 Å². The summed E-state index contributed by atoms with van der Waals surface area (Å²) in [5.41, 5.74) is 2.69. The molecule has 3 rings (SSSR count). The van der Waals surface area contributed by atoms with Crippen LogP contribution in [-0.4, -0.2) is 24.4 Å². The Morgan fingerprint density at radius 3 is 2.68 bits per heavy atom. The quantitative estimate of drug-likeness (QED) is 0.609. The van der Waals surface area contributed by atoms with Gasteiger partial charge in [0.2, 0.25) is 5.90 Å². The number of ether oxygens (including phenoxy) is 2. The van der Waals surface area contributed by atoms with Crippen molar-refractivity contribution >= 4 is 23.9 Å². The number of benzene rings is 2. The molecular weight excluding hydrogens is 322 g/mol. The van der Waals surface area contributed by atoms with Gasteiger partial charge in [-0.15, -0.1) is 0 Å². The number of esters is 1. The van der Waals surface area contributed by atoms with E-state index in [2.05, 4.69) is 4.99 Å². The van der Waals surface area contributed by atoms with Crippen LogP contribution in [0.4, 0.5) is 0 Å². The highest BCUT2D eigenvalue weighted by Gasteiger charge is 2.24. The van der Waals surface area contributed by atoms with Gasteiger partial charge in [0.15, 0.2) is 5.70 Å².